The minimum absolute atomic E-state index is 0.113. The van der Waals surface area contributed by atoms with E-state index >= 15 is 0 Å². The van der Waals surface area contributed by atoms with Crippen LogP contribution in [0.3, 0.4) is 0 Å². The van der Waals surface area contributed by atoms with Crippen LogP contribution in [0.25, 0.3) is 11.1 Å². The molecule has 3 N–H and O–H groups in total. The van der Waals surface area contributed by atoms with Crippen molar-refractivity contribution in [3.8, 4) is 22.9 Å². The van der Waals surface area contributed by atoms with E-state index in [0.29, 0.717) is 16.0 Å². The van der Waals surface area contributed by atoms with Crippen molar-refractivity contribution < 1.29 is 23.4 Å². The van der Waals surface area contributed by atoms with Crippen LogP contribution >= 0.6 is 24.2 Å². The second-order valence-corrected chi connectivity index (χ2v) is 7.08. The smallest absolute Gasteiger partial charge is 0.341 e. The molecule has 0 amide bonds. The molecular weight excluding hydrogens is 446 g/mol. The molecule has 0 aliphatic carbocycles. The fraction of sp³-hybridized carbons (Fsp3) is 0.0909. The van der Waals surface area contributed by atoms with Crippen molar-refractivity contribution in [2.75, 3.05) is 6.61 Å². The van der Waals surface area contributed by atoms with E-state index in [4.69, 9.17) is 32.4 Å². The second kappa shape index (κ2) is 11.3. The van der Waals surface area contributed by atoms with E-state index in [-0.39, 0.29) is 22.9 Å². The maximum Gasteiger partial charge on any atom is 0.341 e. The van der Waals surface area contributed by atoms with Gasteiger partial charge in [-0.25, -0.2) is 13.6 Å². The fourth-order valence-corrected chi connectivity index (χ4v) is 2.95. The minimum Gasteiger partial charge on any atom is -0.481 e. The highest BCUT2D eigenvalue weighted by Crippen LogP contribution is 2.32. The van der Waals surface area contributed by atoms with Gasteiger partial charge in [-0.1, -0.05) is 17.7 Å². The lowest BCUT2D eigenvalue weighted by Gasteiger charge is -2.12. The van der Waals surface area contributed by atoms with Crippen molar-refractivity contribution >= 4 is 30.2 Å². The highest BCUT2D eigenvalue weighted by atomic mass is 35.5. The molecule has 0 saturated heterocycles. The summed E-state index contributed by atoms with van der Waals surface area (Å²) in [5.74, 6) is -1.80. The Morgan fingerprint density at radius 1 is 1.16 bits per heavy atom. The average molecular weight is 463 g/mol. The number of hydrogen-bond donors (Lipinski definition) is 3. The number of rotatable bonds is 5. The van der Waals surface area contributed by atoms with Crippen LogP contribution in [0.1, 0.15) is 11.1 Å². The van der Waals surface area contributed by atoms with Crippen molar-refractivity contribution in [2.45, 2.75) is 11.4 Å². The first-order valence-corrected chi connectivity index (χ1v) is 9.58. The van der Waals surface area contributed by atoms with E-state index in [9.17, 15) is 13.6 Å². The van der Waals surface area contributed by atoms with Gasteiger partial charge in [0.05, 0.1) is 16.7 Å². The molecule has 0 atom stereocenters. The van der Waals surface area contributed by atoms with Crippen LogP contribution in [0.15, 0.2) is 59.5 Å². The Morgan fingerprint density at radius 2 is 1.90 bits per heavy atom. The molecule has 3 rings (SSSR count). The standard InChI is InChI=1S/C16H13FN2O3.C6H4ClFS/c17-13-4-11(8-19)3-12(6-13)14-5-10(7-18)1-2-15(14)22-9-16(20)21;7-5-3-4(9)1-2-6(5)8/h1-6H,7,9,18H2,(H,20,21);1-3,9H. The Morgan fingerprint density at radius 3 is 2.48 bits per heavy atom. The third kappa shape index (κ3) is 7.26. The summed E-state index contributed by atoms with van der Waals surface area (Å²) in [5.41, 5.74) is 7.45. The molecule has 9 heteroatoms. The maximum absolute atomic E-state index is 13.6. The van der Waals surface area contributed by atoms with Crippen LogP contribution in [-0.4, -0.2) is 17.7 Å². The van der Waals surface area contributed by atoms with Gasteiger partial charge in [0.2, 0.25) is 0 Å². The van der Waals surface area contributed by atoms with E-state index < -0.39 is 24.2 Å². The van der Waals surface area contributed by atoms with Crippen molar-refractivity contribution in [3.63, 3.8) is 0 Å². The Hall–Kier alpha value is -3.12. The highest BCUT2D eigenvalue weighted by Gasteiger charge is 2.11. The molecule has 0 saturated carbocycles. The number of ether oxygens (including phenoxy) is 1. The number of carbonyl (C=O) groups is 1. The Bertz CT molecular complexity index is 1140. The molecule has 3 aromatic rings. The molecule has 31 heavy (non-hydrogen) atoms. The Balaban J connectivity index is 0.000000316. The van der Waals surface area contributed by atoms with Gasteiger partial charge >= 0.3 is 5.97 Å². The molecule has 0 heterocycles. The van der Waals surface area contributed by atoms with Gasteiger partial charge in [0.25, 0.3) is 0 Å². The van der Waals surface area contributed by atoms with Crippen molar-refractivity contribution in [3.05, 3.63) is 82.4 Å². The average Bonchev–Trinajstić information content (AvgIpc) is 2.74. The largest absolute Gasteiger partial charge is 0.481 e. The van der Waals surface area contributed by atoms with Crippen LogP contribution in [-0.2, 0) is 11.3 Å². The number of carboxylic acids is 1. The SMILES string of the molecule is Fc1ccc(S)cc1Cl.N#Cc1cc(F)cc(-c2cc(CN)ccc2OCC(=O)O)c1. The van der Waals surface area contributed by atoms with Crippen LogP contribution in [0.5, 0.6) is 5.75 Å². The Labute approximate surface area is 188 Å². The highest BCUT2D eigenvalue weighted by molar-refractivity contribution is 7.80. The number of halogens is 3. The van der Waals surface area contributed by atoms with Crippen LogP contribution < -0.4 is 10.5 Å². The first-order valence-electron chi connectivity index (χ1n) is 8.76. The molecule has 0 fully saturated rings. The summed E-state index contributed by atoms with van der Waals surface area (Å²) < 4.78 is 31.2. The summed E-state index contributed by atoms with van der Waals surface area (Å²) in [5, 5.41) is 17.8. The number of nitrogens with zero attached hydrogens (tertiary/aromatic N) is 1. The lowest BCUT2D eigenvalue weighted by molar-refractivity contribution is -0.139. The van der Waals surface area contributed by atoms with Gasteiger partial charge in [-0.05, 0) is 59.7 Å². The van der Waals surface area contributed by atoms with Crippen LogP contribution in [0.2, 0.25) is 5.02 Å². The number of carboxylic acid groups (broad SMARTS) is 1. The number of hydrogen-bond acceptors (Lipinski definition) is 5. The van der Waals surface area contributed by atoms with Gasteiger partial charge in [-0.15, -0.1) is 12.6 Å². The molecule has 0 aliphatic rings. The van der Waals surface area contributed by atoms with E-state index in [0.717, 1.165) is 11.6 Å². The number of benzene rings is 3. The van der Waals surface area contributed by atoms with Gasteiger partial charge in [0.1, 0.15) is 17.4 Å². The van der Waals surface area contributed by atoms with Crippen molar-refractivity contribution in [2.24, 2.45) is 5.73 Å². The zero-order valence-corrected chi connectivity index (χ0v) is 17.6. The van der Waals surface area contributed by atoms with Crippen LogP contribution in [0.4, 0.5) is 8.78 Å². The van der Waals surface area contributed by atoms with E-state index in [1.54, 1.807) is 24.3 Å². The quantitative estimate of drug-likeness (QED) is 0.461. The van der Waals surface area contributed by atoms with Crippen molar-refractivity contribution in [1.29, 1.82) is 5.26 Å². The molecule has 3 aromatic carbocycles. The van der Waals surface area contributed by atoms with Crippen molar-refractivity contribution in [1.82, 2.24) is 0 Å². The van der Waals surface area contributed by atoms with E-state index in [1.807, 2.05) is 6.07 Å². The third-order valence-electron chi connectivity index (χ3n) is 3.87. The molecular formula is C22H17ClF2N2O3S. The summed E-state index contributed by atoms with van der Waals surface area (Å²) in [6, 6.07) is 15.0. The molecule has 0 bridgehead atoms. The predicted molar refractivity (Wildman–Crippen MR) is 116 cm³/mol. The van der Waals surface area contributed by atoms with Crippen LogP contribution in [0, 0.1) is 23.0 Å². The summed E-state index contributed by atoms with van der Waals surface area (Å²) in [4.78, 5) is 11.3. The second-order valence-electron chi connectivity index (χ2n) is 6.16. The predicted octanol–water partition coefficient (Wildman–Crippen LogP) is 5.05. The lowest BCUT2D eigenvalue weighted by Crippen LogP contribution is -2.10. The van der Waals surface area contributed by atoms with E-state index in [1.165, 1.54) is 24.3 Å². The number of nitriles is 1. The number of thiol groups is 1. The zero-order valence-electron chi connectivity index (χ0n) is 16.0. The number of aliphatic carboxylic acids is 1. The van der Waals surface area contributed by atoms with Gasteiger partial charge in [0.15, 0.2) is 6.61 Å². The molecule has 0 unspecified atom stereocenters. The molecule has 5 nitrogen and oxygen atoms in total. The van der Waals surface area contributed by atoms with E-state index in [2.05, 4.69) is 12.6 Å². The summed E-state index contributed by atoms with van der Waals surface area (Å²) >= 11 is 9.34. The monoisotopic (exact) mass is 462 g/mol. The normalized spacial score (nSPS) is 9.94. The van der Waals surface area contributed by atoms with Gasteiger partial charge < -0.3 is 15.6 Å². The maximum atomic E-state index is 13.6. The third-order valence-corrected chi connectivity index (χ3v) is 4.44. The zero-order chi connectivity index (χ0) is 23.0. The summed E-state index contributed by atoms with van der Waals surface area (Å²) in [6.45, 7) is -0.248. The molecule has 0 aromatic heterocycles. The summed E-state index contributed by atoms with van der Waals surface area (Å²) in [6.07, 6.45) is 0. The molecule has 0 radical (unpaired) electrons. The van der Waals surface area contributed by atoms with Gasteiger partial charge in [0, 0.05) is 17.0 Å². The lowest BCUT2D eigenvalue weighted by atomic mass is 10.00. The molecule has 160 valence electrons. The first kappa shape index (κ1) is 24.2. The minimum atomic E-state index is -1.12. The fourth-order valence-electron chi connectivity index (χ4n) is 2.49. The summed E-state index contributed by atoms with van der Waals surface area (Å²) in [7, 11) is 0. The molecule has 0 spiro atoms. The topological polar surface area (TPSA) is 96.3 Å². The van der Waals surface area contributed by atoms with Gasteiger partial charge in [-0.3, -0.25) is 0 Å². The first-order chi connectivity index (χ1) is 14.7. The molecule has 0 aliphatic heterocycles. The number of nitrogens with two attached hydrogens (primary N) is 1. The Kier molecular flexibility index (Phi) is 8.82. The van der Waals surface area contributed by atoms with Gasteiger partial charge in [-0.2, -0.15) is 5.26 Å².